The third kappa shape index (κ3) is 3.11. The molecular weight excluding hydrogens is 346 g/mol. The van der Waals surface area contributed by atoms with Crippen molar-refractivity contribution in [1.29, 1.82) is 0 Å². The highest BCUT2D eigenvalue weighted by atomic mass is 16.1. The van der Waals surface area contributed by atoms with Crippen LogP contribution < -0.4 is 0 Å². The highest BCUT2D eigenvalue weighted by Crippen LogP contribution is 2.48. The quantitative estimate of drug-likeness (QED) is 0.517. The van der Waals surface area contributed by atoms with Gasteiger partial charge in [0.15, 0.2) is 5.65 Å². The summed E-state index contributed by atoms with van der Waals surface area (Å²) in [5.41, 5.74) is 5.82. The van der Waals surface area contributed by atoms with E-state index in [1.807, 2.05) is 60.0 Å². The van der Waals surface area contributed by atoms with Crippen molar-refractivity contribution in [1.82, 2.24) is 14.6 Å². The third-order valence-electron chi connectivity index (χ3n) is 5.46. The van der Waals surface area contributed by atoms with Crippen LogP contribution in [0.2, 0.25) is 0 Å². The molecule has 1 aliphatic rings. The Labute approximate surface area is 163 Å². The number of carbonyl (C=O) groups is 1. The molecule has 4 aromatic rings. The van der Waals surface area contributed by atoms with Gasteiger partial charge in [0.25, 0.3) is 0 Å². The molecule has 2 heterocycles. The Morgan fingerprint density at radius 2 is 1.75 bits per heavy atom. The van der Waals surface area contributed by atoms with E-state index in [2.05, 4.69) is 29.4 Å². The summed E-state index contributed by atoms with van der Waals surface area (Å²) in [5.74, 6) is 0.761. The number of Topliss-reactive ketones (excluding diaryl/α,β-unsaturated/α-hetero) is 1. The summed E-state index contributed by atoms with van der Waals surface area (Å²) in [5, 5.41) is 4.58. The lowest BCUT2D eigenvalue weighted by molar-refractivity contribution is -0.119. The van der Waals surface area contributed by atoms with Crippen LogP contribution >= 0.6 is 0 Å². The number of fused-ring (bicyclic) bond motifs is 1. The van der Waals surface area contributed by atoms with E-state index in [1.54, 1.807) is 0 Å². The van der Waals surface area contributed by atoms with E-state index in [-0.39, 0.29) is 11.7 Å². The van der Waals surface area contributed by atoms with Gasteiger partial charge in [0.1, 0.15) is 5.78 Å². The van der Waals surface area contributed by atoms with Crippen LogP contribution in [0, 0.1) is 12.8 Å². The van der Waals surface area contributed by atoms with Crippen LogP contribution in [0.4, 0.5) is 0 Å². The molecule has 2 aromatic heterocycles. The topological polar surface area (TPSA) is 47.3 Å². The molecule has 2 atom stereocenters. The third-order valence-corrected chi connectivity index (χ3v) is 5.46. The SMILES string of the molecule is Cc1cc2nc(CC(=O)[C@@H]3C[C@@H]3c3ccccc3)cc(-c3ccccc3)n2n1. The Morgan fingerprint density at radius 3 is 2.50 bits per heavy atom. The average molecular weight is 367 g/mol. The molecule has 0 radical (unpaired) electrons. The van der Waals surface area contributed by atoms with E-state index in [0.29, 0.717) is 12.3 Å². The predicted molar refractivity (Wildman–Crippen MR) is 109 cm³/mol. The first-order valence-corrected chi connectivity index (χ1v) is 9.68. The second-order valence-corrected chi connectivity index (χ2v) is 7.56. The highest BCUT2D eigenvalue weighted by molar-refractivity contribution is 5.87. The molecule has 28 heavy (non-hydrogen) atoms. The number of benzene rings is 2. The molecule has 0 amide bonds. The van der Waals surface area contributed by atoms with E-state index in [9.17, 15) is 4.79 Å². The fourth-order valence-electron chi connectivity index (χ4n) is 3.98. The maximum Gasteiger partial charge on any atom is 0.156 e. The van der Waals surface area contributed by atoms with E-state index in [4.69, 9.17) is 4.98 Å². The minimum atomic E-state index is 0.118. The molecule has 1 aliphatic carbocycles. The molecule has 5 rings (SSSR count). The highest BCUT2D eigenvalue weighted by Gasteiger charge is 2.43. The molecule has 0 unspecified atom stereocenters. The summed E-state index contributed by atoms with van der Waals surface area (Å²) in [6.07, 6.45) is 1.32. The molecule has 138 valence electrons. The Hall–Kier alpha value is -3.27. The van der Waals surface area contributed by atoms with Crippen LogP contribution in [0.15, 0.2) is 72.8 Å². The number of nitrogens with zero attached hydrogens (tertiary/aromatic N) is 3. The van der Waals surface area contributed by atoms with Gasteiger partial charge < -0.3 is 0 Å². The number of hydrogen-bond donors (Lipinski definition) is 0. The zero-order chi connectivity index (χ0) is 19.1. The average Bonchev–Trinajstić information content (AvgIpc) is 3.44. The van der Waals surface area contributed by atoms with Gasteiger partial charge in [-0.15, -0.1) is 0 Å². The van der Waals surface area contributed by atoms with E-state index in [0.717, 1.165) is 34.7 Å². The smallest absolute Gasteiger partial charge is 0.156 e. The molecular formula is C24H21N3O. The molecule has 0 spiro atoms. The van der Waals surface area contributed by atoms with Crippen LogP contribution in [0.25, 0.3) is 16.9 Å². The van der Waals surface area contributed by atoms with Crippen molar-refractivity contribution in [2.75, 3.05) is 0 Å². The first-order chi connectivity index (χ1) is 13.7. The molecule has 4 nitrogen and oxygen atoms in total. The summed E-state index contributed by atoms with van der Waals surface area (Å²) in [7, 11) is 0. The van der Waals surface area contributed by atoms with Crippen LogP contribution in [-0.4, -0.2) is 20.4 Å². The summed E-state index contributed by atoms with van der Waals surface area (Å²) < 4.78 is 1.86. The Bertz CT molecular complexity index is 1150. The van der Waals surface area contributed by atoms with E-state index >= 15 is 0 Å². The zero-order valence-electron chi connectivity index (χ0n) is 15.7. The van der Waals surface area contributed by atoms with Gasteiger partial charge in [-0.3, -0.25) is 4.79 Å². The first kappa shape index (κ1) is 16.9. The largest absolute Gasteiger partial charge is 0.299 e. The standard InChI is InChI=1S/C24H21N3O/c1-16-12-24-25-19(13-22(27(24)26-16)18-10-6-3-7-11-18)14-23(28)21-15-20(21)17-8-4-2-5-9-17/h2-13,20-21H,14-15H2,1H3/t20-,21-/m1/s1. The van der Waals surface area contributed by atoms with Gasteiger partial charge in [0.05, 0.1) is 17.1 Å². The second kappa shape index (κ2) is 6.71. The number of ketones is 1. The second-order valence-electron chi connectivity index (χ2n) is 7.56. The van der Waals surface area contributed by atoms with Crippen molar-refractivity contribution in [3.63, 3.8) is 0 Å². The molecule has 0 N–H and O–H groups in total. The van der Waals surface area contributed by atoms with Crippen LogP contribution in [0.3, 0.4) is 0 Å². The van der Waals surface area contributed by atoms with Crippen LogP contribution in [0.5, 0.6) is 0 Å². The molecule has 2 aromatic carbocycles. The van der Waals surface area contributed by atoms with Crippen molar-refractivity contribution >= 4 is 11.4 Å². The van der Waals surface area contributed by atoms with Gasteiger partial charge in [-0.1, -0.05) is 60.7 Å². The summed E-state index contributed by atoms with van der Waals surface area (Å²) in [4.78, 5) is 17.6. The first-order valence-electron chi connectivity index (χ1n) is 9.68. The van der Waals surface area contributed by atoms with Crippen LogP contribution in [0.1, 0.15) is 29.3 Å². The number of aryl methyl sites for hydroxylation is 1. The van der Waals surface area contributed by atoms with Gasteiger partial charge in [-0.05, 0) is 30.9 Å². The van der Waals surface area contributed by atoms with Crippen molar-refractivity contribution in [2.45, 2.75) is 25.7 Å². The number of carbonyl (C=O) groups excluding carboxylic acids is 1. The Balaban J connectivity index is 1.44. The maximum atomic E-state index is 12.9. The summed E-state index contributed by atoms with van der Waals surface area (Å²) in [6.45, 7) is 1.96. The van der Waals surface area contributed by atoms with Gasteiger partial charge in [0, 0.05) is 24.0 Å². The fourth-order valence-corrected chi connectivity index (χ4v) is 3.98. The van der Waals surface area contributed by atoms with Gasteiger partial charge >= 0.3 is 0 Å². The number of rotatable bonds is 5. The van der Waals surface area contributed by atoms with E-state index in [1.165, 1.54) is 5.56 Å². The molecule has 0 bridgehead atoms. The lowest BCUT2D eigenvalue weighted by Crippen LogP contribution is -2.09. The minimum Gasteiger partial charge on any atom is -0.299 e. The summed E-state index contributed by atoms with van der Waals surface area (Å²) >= 11 is 0. The Morgan fingerprint density at radius 1 is 1.04 bits per heavy atom. The maximum absolute atomic E-state index is 12.9. The normalized spacial score (nSPS) is 18.3. The van der Waals surface area contributed by atoms with Gasteiger partial charge in [-0.2, -0.15) is 5.10 Å². The lowest BCUT2D eigenvalue weighted by Gasteiger charge is -2.08. The van der Waals surface area contributed by atoms with Gasteiger partial charge in [0.2, 0.25) is 0 Å². The monoisotopic (exact) mass is 367 g/mol. The number of hydrogen-bond acceptors (Lipinski definition) is 3. The fraction of sp³-hybridized carbons (Fsp3) is 0.208. The molecule has 0 aliphatic heterocycles. The van der Waals surface area contributed by atoms with Crippen LogP contribution in [-0.2, 0) is 11.2 Å². The van der Waals surface area contributed by atoms with E-state index < -0.39 is 0 Å². The van der Waals surface area contributed by atoms with Crippen molar-refractivity contribution in [3.05, 3.63) is 89.7 Å². The number of aromatic nitrogens is 3. The molecule has 4 heteroatoms. The predicted octanol–water partition coefficient (Wildman–Crippen LogP) is 4.62. The van der Waals surface area contributed by atoms with Gasteiger partial charge in [-0.25, -0.2) is 9.50 Å². The lowest BCUT2D eigenvalue weighted by atomic mass is 10.0. The van der Waals surface area contributed by atoms with Crippen molar-refractivity contribution < 1.29 is 4.79 Å². The van der Waals surface area contributed by atoms with Crippen molar-refractivity contribution in [2.24, 2.45) is 5.92 Å². The minimum absolute atomic E-state index is 0.118. The Kier molecular flexibility index (Phi) is 4.05. The molecule has 0 saturated heterocycles. The summed E-state index contributed by atoms with van der Waals surface area (Å²) in [6, 6.07) is 24.4. The molecule has 1 fully saturated rings. The zero-order valence-corrected chi connectivity index (χ0v) is 15.7. The van der Waals surface area contributed by atoms with Crippen molar-refractivity contribution in [3.8, 4) is 11.3 Å². The molecule has 1 saturated carbocycles.